The molecule has 0 aliphatic carbocycles. The molecule has 3 aromatic rings. The van der Waals surface area contributed by atoms with Gasteiger partial charge in [0.2, 0.25) is 27.6 Å². The highest BCUT2D eigenvalue weighted by atomic mass is 32.2. The van der Waals surface area contributed by atoms with Gasteiger partial charge < -0.3 is 9.84 Å². The number of nitrogens with zero attached hydrogens (tertiary/aromatic N) is 3. The highest BCUT2D eigenvalue weighted by molar-refractivity contribution is 7.92. The minimum absolute atomic E-state index is 0.00641. The zero-order valence-electron chi connectivity index (χ0n) is 17.3. The molecule has 9 heteroatoms. The van der Waals surface area contributed by atoms with Crippen LogP contribution < -0.4 is 9.62 Å². The number of hydrogen-bond acceptors (Lipinski definition) is 6. The molecule has 1 heterocycles. The molecule has 0 saturated heterocycles. The molecule has 1 aromatic heterocycles. The molecular weight excluding hydrogens is 404 g/mol. The summed E-state index contributed by atoms with van der Waals surface area (Å²) >= 11 is 0. The Hall–Kier alpha value is -3.20. The van der Waals surface area contributed by atoms with Crippen molar-refractivity contribution in [2.45, 2.75) is 33.4 Å². The van der Waals surface area contributed by atoms with Crippen molar-refractivity contribution in [1.29, 1.82) is 0 Å². The summed E-state index contributed by atoms with van der Waals surface area (Å²) in [6, 6.07) is 13.6. The van der Waals surface area contributed by atoms with Gasteiger partial charge >= 0.3 is 0 Å². The van der Waals surface area contributed by atoms with Crippen molar-refractivity contribution in [3.63, 3.8) is 0 Å². The molecule has 0 unspecified atom stereocenters. The van der Waals surface area contributed by atoms with E-state index < -0.39 is 22.0 Å². The van der Waals surface area contributed by atoms with Gasteiger partial charge in [-0.2, -0.15) is 4.98 Å². The van der Waals surface area contributed by atoms with Crippen molar-refractivity contribution >= 4 is 21.6 Å². The van der Waals surface area contributed by atoms with Gasteiger partial charge in [-0.1, -0.05) is 41.6 Å². The van der Waals surface area contributed by atoms with Crippen molar-refractivity contribution in [3.8, 4) is 11.4 Å². The largest absolute Gasteiger partial charge is 0.345 e. The second-order valence-electron chi connectivity index (χ2n) is 7.10. The van der Waals surface area contributed by atoms with Gasteiger partial charge in [-0.15, -0.1) is 0 Å². The number of benzene rings is 2. The number of hydrogen-bond donors (Lipinski definition) is 1. The van der Waals surface area contributed by atoms with E-state index in [4.69, 9.17) is 4.52 Å². The molecule has 0 fully saturated rings. The molecule has 1 amide bonds. The first-order valence-electron chi connectivity index (χ1n) is 9.39. The SMILES string of the molecule is Cc1ccc(N([C@H](C)C(=O)NCc2nc(-c3ccccc3)no2)S(C)(=O)=O)cc1C. The van der Waals surface area contributed by atoms with Crippen LogP contribution in [0.2, 0.25) is 0 Å². The fourth-order valence-electron chi connectivity index (χ4n) is 3.01. The lowest BCUT2D eigenvalue weighted by Crippen LogP contribution is -2.47. The van der Waals surface area contributed by atoms with Crippen LogP contribution in [0.3, 0.4) is 0 Å². The van der Waals surface area contributed by atoms with E-state index in [9.17, 15) is 13.2 Å². The van der Waals surface area contributed by atoms with E-state index in [0.29, 0.717) is 11.5 Å². The van der Waals surface area contributed by atoms with E-state index in [0.717, 1.165) is 27.3 Å². The van der Waals surface area contributed by atoms with Gasteiger partial charge in [0.05, 0.1) is 18.5 Å². The maximum Gasteiger partial charge on any atom is 0.246 e. The third kappa shape index (κ3) is 4.85. The average molecular weight is 429 g/mol. The molecule has 158 valence electrons. The van der Waals surface area contributed by atoms with Crippen molar-refractivity contribution in [3.05, 3.63) is 65.5 Å². The van der Waals surface area contributed by atoms with Gasteiger partial charge in [0.25, 0.3) is 0 Å². The van der Waals surface area contributed by atoms with Gasteiger partial charge in [-0.3, -0.25) is 9.10 Å². The molecular formula is C21H24N4O4S. The lowest BCUT2D eigenvalue weighted by molar-refractivity contribution is -0.122. The summed E-state index contributed by atoms with van der Waals surface area (Å²) in [4.78, 5) is 17.0. The molecule has 8 nitrogen and oxygen atoms in total. The third-order valence-electron chi connectivity index (χ3n) is 4.75. The zero-order chi connectivity index (χ0) is 21.9. The maximum absolute atomic E-state index is 12.7. The number of amides is 1. The molecule has 3 rings (SSSR count). The Morgan fingerprint density at radius 1 is 1.13 bits per heavy atom. The summed E-state index contributed by atoms with van der Waals surface area (Å²) in [6.07, 6.45) is 1.08. The van der Waals surface area contributed by atoms with Gasteiger partial charge in [0.15, 0.2) is 0 Å². The Balaban J connectivity index is 1.73. The van der Waals surface area contributed by atoms with Gasteiger partial charge in [0.1, 0.15) is 6.04 Å². The number of aryl methyl sites for hydroxylation is 2. The highest BCUT2D eigenvalue weighted by Gasteiger charge is 2.29. The number of nitrogens with one attached hydrogen (secondary N) is 1. The van der Waals surface area contributed by atoms with Crippen LogP contribution in [0, 0.1) is 13.8 Å². The lowest BCUT2D eigenvalue weighted by Gasteiger charge is -2.28. The molecule has 1 N–H and O–H groups in total. The van der Waals surface area contributed by atoms with E-state index in [2.05, 4.69) is 15.5 Å². The van der Waals surface area contributed by atoms with E-state index in [-0.39, 0.29) is 12.4 Å². The number of rotatable bonds is 7. The van der Waals surface area contributed by atoms with E-state index in [1.165, 1.54) is 6.92 Å². The van der Waals surface area contributed by atoms with Crippen LogP contribution in [-0.2, 0) is 21.4 Å². The second-order valence-corrected chi connectivity index (χ2v) is 8.96. The summed E-state index contributed by atoms with van der Waals surface area (Å²) in [7, 11) is -3.69. The monoisotopic (exact) mass is 428 g/mol. The molecule has 30 heavy (non-hydrogen) atoms. The minimum atomic E-state index is -3.69. The molecule has 0 aliphatic rings. The molecule has 2 aromatic carbocycles. The van der Waals surface area contributed by atoms with Crippen LogP contribution in [0.15, 0.2) is 53.1 Å². The first-order chi connectivity index (χ1) is 14.2. The van der Waals surface area contributed by atoms with Crippen LogP contribution in [0.5, 0.6) is 0 Å². The van der Waals surface area contributed by atoms with Gasteiger partial charge in [-0.25, -0.2) is 8.42 Å². The summed E-state index contributed by atoms with van der Waals surface area (Å²) < 4.78 is 31.1. The standard InChI is InChI=1S/C21H24N4O4S/c1-14-10-11-18(12-15(14)2)25(30(4,27)28)16(3)21(26)22-13-19-23-20(24-29-19)17-8-6-5-7-9-17/h5-12,16H,13H2,1-4H3,(H,22,26)/t16-/m1/s1. The van der Waals surface area contributed by atoms with Crippen molar-refractivity contribution in [2.24, 2.45) is 0 Å². The van der Waals surface area contributed by atoms with E-state index >= 15 is 0 Å². The van der Waals surface area contributed by atoms with Gasteiger partial charge in [0, 0.05) is 5.56 Å². The van der Waals surface area contributed by atoms with Gasteiger partial charge in [-0.05, 0) is 44.0 Å². The van der Waals surface area contributed by atoms with Crippen LogP contribution >= 0.6 is 0 Å². The van der Waals surface area contributed by atoms with E-state index in [1.54, 1.807) is 12.1 Å². The number of anilines is 1. The third-order valence-corrected chi connectivity index (χ3v) is 5.99. The Morgan fingerprint density at radius 2 is 1.83 bits per heavy atom. The lowest BCUT2D eigenvalue weighted by atomic mass is 10.1. The molecule has 0 aliphatic heterocycles. The van der Waals surface area contributed by atoms with Crippen LogP contribution in [0.1, 0.15) is 23.9 Å². The van der Waals surface area contributed by atoms with Crippen molar-refractivity contribution in [1.82, 2.24) is 15.5 Å². The predicted octanol–water partition coefficient (Wildman–Crippen LogP) is 2.82. The Kier molecular flexibility index (Phi) is 6.21. The Labute approximate surface area is 176 Å². The quantitative estimate of drug-likeness (QED) is 0.620. The highest BCUT2D eigenvalue weighted by Crippen LogP contribution is 2.24. The number of carbonyl (C=O) groups excluding carboxylic acids is 1. The Morgan fingerprint density at radius 3 is 2.47 bits per heavy atom. The summed E-state index contributed by atoms with van der Waals surface area (Å²) in [5.41, 5.74) is 3.21. The average Bonchev–Trinajstić information content (AvgIpc) is 3.17. The maximum atomic E-state index is 12.7. The van der Waals surface area contributed by atoms with Crippen LogP contribution in [0.25, 0.3) is 11.4 Å². The summed E-state index contributed by atoms with van der Waals surface area (Å²) in [5.74, 6) is 0.172. The van der Waals surface area contributed by atoms with E-state index in [1.807, 2.05) is 50.2 Å². The normalized spacial score (nSPS) is 12.4. The minimum Gasteiger partial charge on any atom is -0.345 e. The zero-order valence-corrected chi connectivity index (χ0v) is 18.1. The molecule has 0 radical (unpaired) electrons. The predicted molar refractivity (Wildman–Crippen MR) is 114 cm³/mol. The fraction of sp³-hybridized carbons (Fsp3) is 0.286. The fourth-order valence-corrected chi connectivity index (χ4v) is 4.18. The molecule has 0 spiro atoms. The number of sulfonamides is 1. The van der Waals surface area contributed by atoms with Crippen molar-refractivity contribution < 1.29 is 17.7 Å². The smallest absolute Gasteiger partial charge is 0.246 e. The summed E-state index contributed by atoms with van der Waals surface area (Å²) in [6.45, 7) is 5.36. The number of carbonyl (C=O) groups is 1. The first-order valence-corrected chi connectivity index (χ1v) is 11.2. The second kappa shape index (κ2) is 8.66. The molecule has 1 atom stereocenters. The van der Waals surface area contributed by atoms with Crippen LogP contribution in [-0.4, -0.2) is 36.8 Å². The molecule has 0 bridgehead atoms. The molecule has 0 saturated carbocycles. The first kappa shape index (κ1) is 21.5. The topological polar surface area (TPSA) is 105 Å². The van der Waals surface area contributed by atoms with Crippen molar-refractivity contribution in [2.75, 3.05) is 10.6 Å². The summed E-state index contributed by atoms with van der Waals surface area (Å²) in [5, 5.41) is 6.58. The van der Waals surface area contributed by atoms with Crippen LogP contribution in [0.4, 0.5) is 5.69 Å². The number of aromatic nitrogens is 2. The Bertz CT molecular complexity index is 1140.